The second kappa shape index (κ2) is 7.56. The first-order valence-corrected chi connectivity index (χ1v) is 7.67. The number of carbonyl (C=O) groups excluding carboxylic acids is 2. The van der Waals surface area contributed by atoms with Crippen LogP contribution in [0.5, 0.6) is 0 Å². The van der Waals surface area contributed by atoms with Gasteiger partial charge >= 0.3 is 11.8 Å². The van der Waals surface area contributed by atoms with Crippen molar-refractivity contribution in [1.29, 1.82) is 0 Å². The average Bonchev–Trinajstić information content (AvgIpc) is 2.96. The molecule has 0 radical (unpaired) electrons. The summed E-state index contributed by atoms with van der Waals surface area (Å²) in [7, 11) is 0. The molecule has 0 spiro atoms. The Morgan fingerprint density at radius 2 is 2.18 bits per heavy atom. The zero-order valence-electron chi connectivity index (χ0n) is 12.4. The predicted octanol–water partition coefficient (Wildman–Crippen LogP) is 2.02. The van der Waals surface area contributed by atoms with E-state index in [0.717, 1.165) is 32.0 Å². The van der Waals surface area contributed by atoms with Crippen molar-refractivity contribution in [3.8, 4) is 0 Å². The Morgan fingerprint density at radius 1 is 1.41 bits per heavy atom. The van der Waals surface area contributed by atoms with E-state index in [4.69, 9.17) is 11.6 Å². The summed E-state index contributed by atoms with van der Waals surface area (Å²) in [5.41, 5.74) is 0.193. The second-order valence-corrected chi connectivity index (χ2v) is 5.62. The highest BCUT2D eigenvalue weighted by Gasteiger charge is 2.24. The zero-order chi connectivity index (χ0) is 16.1. The first-order valence-electron chi connectivity index (χ1n) is 7.29. The number of amides is 2. The van der Waals surface area contributed by atoms with Gasteiger partial charge in [0, 0.05) is 18.3 Å². The molecule has 1 heterocycles. The summed E-state index contributed by atoms with van der Waals surface area (Å²) in [5.74, 6) is -2.19. The van der Waals surface area contributed by atoms with Gasteiger partial charge in [0.15, 0.2) is 0 Å². The number of likely N-dealkylation sites (N-methyl/N-ethyl adjacent to an activating group) is 1. The SMILES string of the molecule is CCN1CCC[C@@H]1CNC(=O)C(=O)Nc1ccc(Cl)c(F)c1. The monoisotopic (exact) mass is 327 g/mol. The van der Waals surface area contributed by atoms with Crippen molar-refractivity contribution in [3.63, 3.8) is 0 Å². The van der Waals surface area contributed by atoms with Gasteiger partial charge in [0.05, 0.1) is 5.02 Å². The molecule has 1 atom stereocenters. The second-order valence-electron chi connectivity index (χ2n) is 5.22. The van der Waals surface area contributed by atoms with E-state index in [2.05, 4.69) is 22.5 Å². The predicted molar refractivity (Wildman–Crippen MR) is 83.3 cm³/mol. The van der Waals surface area contributed by atoms with Crippen molar-refractivity contribution < 1.29 is 14.0 Å². The van der Waals surface area contributed by atoms with Crippen molar-refractivity contribution in [3.05, 3.63) is 29.0 Å². The van der Waals surface area contributed by atoms with Crippen LogP contribution >= 0.6 is 11.6 Å². The van der Waals surface area contributed by atoms with Crippen LogP contribution in [0.3, 0.4) is 0 Å². The van der Waals surface area contributed by atoms with Gasteiger partial charge in [-0.15, -0.1) is 0 Å². The topological polar surface area (TPSA) is 61.4 Å². The van der Waals surface area contributed by atoms with Crippen LogP contribution in [0.1, 0.15) is 19.8 Å². The summed E-state index contributed by atoms with van der Waals surface area (Å²) >= 11 is 5.56. The minimum Gasteiger partial charge on any atom is -0.346 e. The molecule has 7 heteroatoms. The quantitative estimate of drug-likeness (QED) is 0.832. The third-order valence-corrected chi connectivity index (χ3v) is 4.09. The lowest BCUT2D eigenvalue weighted by atomic mass is 10.2. The molecule has 0 unspecified atom stereocenters. The van der Waals surface area contributed by atoms with Gasteiger partial charge in [-0.05, 0) is 44.1 Å². The standard InChI is InChI=1S/C15H19ClFN3O2/c1-2-20-7-3-4-11(20)9-18-14(21)15(22)19-10-5-6-12(16)13(17)8-10/h5-6,8,11H,2-4,7,9H2,1H3,(H,18,21)(H,19,22)/t11-/m1/s1. The van der Waals surface area contributed by atoms with Gasteiger partial charge in [0.2, 0.25) is 0 Å². The highest BCUT2D eigenvalue weighted by molar-refractivity contribution is 6.39. The maximum absolute atomic E-state index is 13.3. The van der Waals surface area contributed by atoms with Crippen molar-refractivity contribution in [1.82, 2.24) is 10.2 Å². The molecule has 0 aromatic heterocycles. The van der Waals surface area contributed by atoms with Crippen molar-refractivity contribution in [2.24, 2.45) is 0 Å². The van der Waals surface area contributed by atoms with Crippen molar-refractivity contribution >= 4 is 29.1 Å². The average molecular weight is 328 g/mol. The van der Waals surface area contributed by atoms with Crippen LogP contribution in [0, 0.1) is 5.82 Å². The molecule has 2 N–H and O–H groups in total. The van der Waals surface area contributed by atoms with Crippen LogP contribution < -0.4 is 10.6 Å². The maximum atomic E-state index is 13.3. The molecule has 1 saturated heterocycles. The fraction of sp³-hybridized carbons (Fsp3) is 0.467. The Bertz CT molecular complexity index is 568. The maximum Gasteiger partial charge on any atom is 0.313 e. The number of carbonyl (C=O) groups is 2. The highest BCUT2D eigenvalue weighted by Crippen LogP contribution is 2.18. The van der Waals surface area contributed by atoms with E-state index in [1.165, 1.54) is 12.1 Å². The molecule has 1 aromatic rings. The van der Waals surface area contributed by atoms with E-state index >= 15 is 0 Å². The van der Waals surface area contributed by atoms with E-state index < -0.39 is 17.6 Å². The summed E-state index contributed by atoms with van der Waals surface area (Å²) in [5, 5.41) is 4.93. The minimum absolute atomic E-state index is 0.0386. The number of anilines is 1. The van der Waals surface area contributed by atoms with Gasteiger partial charge in [-0.2, -0.15) is 0 Å². The molecule has 0 aliphatic carbocycles. The van der Waals surface area contributed by atoms with E-state index in [0.29, 0.717) is 6.54 Å². The van der Waals surface area contributed by atoms with Crippen molar-refractivity contribution in [2.45, 2.75) is 25.8 Å². The number of nitrogens with one attached hydrogen (secondary N) is 2. The molecule has 0 saturated carbocycles. The normalized spacial score (nSPS) is 18.2. The molecular formula is C15H19ClFN3O2. The number of likely N-dealkylation sites (tertiary alicyclic amines) is 1. The number of halogens is 2. The zero-order valence-corrected chi connectivity index (χ0v) is 13.1. The van der Waals surface area contributed by atoms with Crippen LogP contribution in [0.25, 0.3) is 0 Å². The van der Waals surface area contributed by atoms with E-state index in [9.17, 15) is 14.0 Å². The minimum atomic E-state index is -0.817. The lowest BCUT2D eigenvalue weighted by Crippen LogP contribution is -2.43. The lowest BCUT2D eigenvalue weighted by molar-refractivity contribution is -0.136. The van der Waals surface area contributed by atoms with Gasteiger partial charge in [-0.1, -0.05) is 18.5 Å². The number of hydrogen-bond acceptors (Lipinski definition) is 3. The third kappa shape index (κ3) is 4.18. The van der Waals surface area contributed by atoms with Crippen LogP contribution in [-0.4, -0.2) is 42.4 Å². The van der Waals surface area contributed by atoms with Gasteiger partial charge < -0.3 is 10.6 Å². The summed E-state index contributed by atoms with van der Waals surface area (Å²) in [6, 6.07) is 4.10. The summed E-state index contributed by atoms with van der Waals surface area (Å²) in [6.07, 6.45) is 2.11. The molecule has 1 aliphatic rings. The Kier molecular flexibility index (Phi) is 5.74. The number of nitrogens with zero attached hydrogens (tertiary/aromatic N) is 1. The van der Waals surface area contributed by atoms with E-state index in [1.807, 2.05) is 0 Å². The van der Waals surface area contributed by atoms with Gasteiger partial charge in [0.1, 0.15) is 5.82 Å². The van der Waals surface area contributed by atoms with Crippen LogP contribution in [0.2, 0.25) is 5.02 Å². The Morgan fingerprint density at radius 3 is 2.86 bits per heavy atom. The van der Waals surface area contributed by atoms with Gasteiger partial charge in [-0.25, -0.2) is 4.39 Å². The lowest BCUT2D eigenvalue weighted by Gasteiger charge is -2.22. The van der Waals surface area contributed by atoms with Crippen LogP contribution in [0.4, 0.5) is 10.1 Å². The van der Waals surface area contributed by atoms with Gasteiger partial charge in [0.25, 0.3) is 0 Å². The third-order valence-electron chi connectivity index (χ3n) is 3.79. The number of benzene rings is 1. The van der Waals surface area contributed by atoms with Crippen LogP contribution in [0.15, 0.2) is 18.2 Å². The Balaban J connectivity index is 1.84. The summed E-state index contributed by atoms with van der Waals surface area (Å²) < 4.78 is 13.3. The summed E-state index contributed by atoms with van der Waals surface area (Å²) in [6.45, 7) is 4.46. The number of rotatable bonds is 4. The Labute approximate surface area is 133 Å². The first kappa shape index (κ1) is 16.7. The van der Waals surface area contributed by atoms with Gasteiger partial charge in [-0.3, -0.25) is 14.5 Å². The summed E-state index contributed by atoms with van der Waals surface area (Å²) in [4.78, 5) is 25.8. The molecule has 1 aliphatic heterocycles. The first-order chi connectivity index (χ1) is 10.5. The Hall–Kier alpha value is -1.66. The van der Waals surface area contributed by atoms with E-state index in [1.54, 1.807) is 0 Å². The fourth-order valence-corrected chi connectivity index (χ4v) is 2.71. The molecule has 2 amide bonds. The largest absolute Gasteiger partial charge is 0.346 e. The highest BCUT2D eigenvalue weighted by atomic mass is 35.5. The molecule has 0 bridgehead atoms. The molecule has 2 rings (SSSR count). The molecule has 22 heavy (non-hydrogen) atoms. The van der Waals surface area contributed by atoms with Crippen molar-refractivity contribution in [2.75, 3.05) is 25.0 Å². The fourth-order valence-electron chi connectivity index (χ4n) is 2.60. The smallest absolute Gasteiger partial charge is 0.313 e. The van der Waals surface area contributed by atoms with E-state index in [-0.39, 0.29) is 16.8 Å². The molecular weight excluding hydrogens is 309 g/mol. The van der Waals surface area contributed by atoms with Crippen LogP contribution in [-0.2, 0) is 9.59 Å². The molecule has 1 aromatic carbocycles. The number of hydrogen-bond donors (Lipinski definition) is 2. The molecule has 5 nitrogen and oxygen atoms in total. The molecule has 120 valence electrons. The molecule has 1 fully saturated rings.